The Hall–Kier alpha value is -3.80. The van der Waals surface area contributed by atoms with Crippen LogP contribution in [0.25, 0.3) is 0 Å². The summed E-state index contributed by atoms with van der Waals surface area (Å²) in [5.41, 5.74) is 5.45. The highest BCUT2D eigenvalue weighted by atomic mass is 16.5. The van der Waals surface area contributed by atoms with Crippen molar-refractivity contribution in [2.24, 2.45) is 5.10 Å². The summed E-state index contributed by atoms with van der Waals surface area (Å²) in [6.45, 7) is 2.48. The van der Waals surface area contributed by atoms with E-state index in [0.717, 1.165) is 5.56 Å². The lowest BCUT2D eigenvalue weighted by atomic mass is 10.2. The quantitative estimate of drug-likeness (QED) is 0.451. The molecule has 0 bridgehead atoms. The van der Waals surface area contributed by atoms with Crippen LogP contribution in [0.15, 0.2) is 71.8 Å². The Kier molecular flexibility index (Phi) is 5.91. The third kappa shape index (κ3) is 5.11. The molecule has 0 heterocycles. The molecule has 1 amide bonds. The minimum absolute atomic E-state index is 0.0524. The van der Waals surface area contributed by atoms with Gasteiger partial charge in [-0.05, 0) is 48.9 Å². The zero-order valence-corrected chi connectivity index (χ0v) is 15.3. The number of hydrogen-bond donors (Lipinski definition) is 3. The SMILES string of the molecule is Cc1ccc(COc2ccc(C(=O)N/N=C\c3ccc(O)cc3O)cc2)cc1. The lowest BCUT2D eigenvalue weighted by Crippen LogP contribution is -2.17. The summed E-state index contributed by atoms with van der Waals surface area (Å²) in [4.78, 5) is 12.1. The van der Waals surface area contributed by atoms with Crippen LogP contribution in [0.3, 0.4) is 0 Å². The minimum atomic E-state index is -0.389. The fourth-order valence-electron chi connectivity index (χ4n) is 2.42. The second-order valence-electron chi connectivity index (χ2n) is 6.24. The normalized spacial score (nSPS) is 10.8. The highest BCUT2D eigenvalue weighted by molar-refractivity contribution is 5.95. The molecule has 0 aliphatic heterocycles. The van der Waals surface area contributed by atoms with Crippen LogP contribution in [0.5, 0.6) is 17.2 Å². The van der Waals surface area contributed by atoms with Crippen LogP contribution in [0, 0.1) is 6.92 Å². The van der Waals surface area contributed by atoms with Gasteiger partial charge in [0.15, 0.2) is 0 Å². The van der Waals surface area contributed by atoms with Gasteiger partial charge in [-0.15, -0.1) is 0 Å². The summed E-state index contributed by atoms with van der Waals surface area (Å²) >= 11 is 0. The van der Waals surface area contributed by atoms with Gasteiger partial charge < -0.3 is 14.9 Å². The Balaban J connectivity index is 1.54. The van der Waals surface area contributed by atoms with Crippen molar-refractivity contribution in [3.8, 4) is 17.2 Å². The Morgan fingerprint density at radius 2 is 1.75 bits per heavy atom. The van der Waals surface area contributed by atoms with E-state index in [0.29, 0.717) is 23.5 Å². The zero-order chi connectivity index (χ0) is 19.9. The van der Waals surface area contributed by atoms with E-state index in [4.69, 9.17) is 4.74 Å². The van der Waals surface area contributed by atoms with Gasteiger partial charge in [0, 0.05) is 17.2 Å². The predicted molar refractivity (Wildman–Crippen MR) is 107 cm³/mol. The van der Waals surface area contributed by atoms with Crippen molar-refractivity contribution in [1.29, 1.82) is 0 Å². The fourth-order valence-corrected chi connectivity index (χ4v) is 2.42. The first kappa shape index (κ1) is 19.0. The fraction of sp³-hybridized carbons (Fsp3) is 0.0909. The van der Waals surface area contributed by atoms with E-state index in [1.54, 1.807) is 24.3 Å². The number of ether oxygens (including phenoxy) is 1. The molecule has 0 unspecified atom stereocenters. The summed E-state index contributed by atoms with van der Waals surface area (Å²) in [5.74, 6) is 0.0886. The Morgan fingerprint density at radius 3 is 2.43 bits per heavy atom. The minimum Gasteiger partial charge on any atom is -0.508 e. The van der Waals surface area contributed by atoms with E-state index in [2.05, 4.69) is 10.5 Å². The van der Waals surface area contributed by atoms with Crippen LogP contribution in [-0.2, 0) is 6.61 Å². The number of carbonyl (C=O) groups excluding carboxylic acids is 1. The molecule has 142 valence electrons. The molecule has 0 atom stereocenters. The molecular weight excluding hydrogens is 356 g/mol. The van der Waals surface area contributed by atoms with Crippen molar-refractivity contribution in [3.63, 3.8) is 0 Å². The molecule has 6 nitrogen and oxygen atoms in total. The van der Waals surface area contributed by atoms with Crippen molar-refractivity contribution in [2.45, 2.75) is 13.5 Å². The molecule has 0 aliphatic carbocycles. The molecule has 3 aromatic rings. The van der Waals surface area contributed by atoms with Crippen LogP contribution >= 0.6 is 0 Å². The molecule has 0 radical (unpaired) electrons. The number of hydrazone groups is 1. The average molecular weight is 376 g/mol. The second-order valence-corrected chi connectivity index (χ2v) is 6.24. The maximum absolute atomic E-state index is 12.1. The molecule has 0 spiro atoms. The maximum Gasteiger partial charge on any atom is 0.271 e. The van der Waals surface area contributed by atoms with Gasteiger partial charge in [0.25, 0.3) is 5.91 Å². The number of aromatic hydroxyl groups is 2. The molecule has 0 aliphatic rings. The van der Waals surface area contributed by atoms with E-state index < -0.39 is 0 Å². The van der Waals surface area contributed by atoms with Gasteiger partial charge in [0.1, 0.15) is 23.9 Å². The third-order valence-corrected chi connectivity index (χ3v) is 4.03. The highest BCUT2D eigenvalue weighted by Gasteiger charge is 2.05. The lowest BCUT2D eigenvalue weighted by molar-refractivity contribution is 0.0955. The highest BCUT2D eigenvalue weighted by Crippen LogP contribution is 2.20. The van der Waals surface area contributed by atoms with Gasteiger partial charge in [-0.3, -0.25) is 4.79 Å². The van der Waals surface area contributed by atoms with Crippen LogP contribution in [0.4, 0.5) is 0 Å². The van der Waals surface area contributed by atoms with Gasteiger partial charge in [0.05, 0.1) is 6.21 Å². The molecule has 28 heavy (non-hydrogen) atoms. The Morgan fingerprint density at radius 1 is 1.04 bits per heavy atom. The van der Waals surface area contributed by atoms with Gasteiger partial charge in [-0.1, -0.05) is 29.8 Å². The van der Waals surface area contributed by atoms with E-state index in [9.17, 15) is 15.0 Å². The first-order valence-corrected chi connectivity index (χ1v) is 8.65. The van der Waals surface area contributed by atoms with Crippen LogP contribution in [0.1, 0.15) is 27.0 Å². The van der Waals surface area contributed by atoms with Crippen LogP contribution in [0.2, 0.25) is 0 Å². The second kappa shape index (κ2) is 8.73. The first-order valence-electron chi connectivity index (χ1n) is 8.65. The smallest absolute Gasteiger partial charge is 0.271 e. The van der Waals surface area contributed by atoms with Crippen LogP contribution in [-0.4, -0.2) is 22.3 Å². The Bertz CT molecular complexity index is 980. The molecule has 3 rings (SSSR count). The number of nitrogens with one attached hydrogen (secondary N) is 1. The maximum atomic E-state index is 12.1. The molecule has 6 heteroatoms. The number of hydrogen-bond acceptors (Lipinski definition) is 5. The van der Waals surface area contributed by atoms with Crippen molar-refractivity contribution in [1.82, 2.24) is 5.43 Å². The number of rotatable bonds is 6. The number of aryl methyl sites for hydroxylation is 1. The first-order chi connectivity index (χ1) is 13.5. The topological polar surface area (TPSA) is 91.2 Å². The predicted octanol–water partition coefficient (Wildman–Crippen LogP) is 3.75. The molecular formula is C22H20N2O4. The van der Waals surface area contributed by atoms with Crippen molar-refractivity contribution >= 4 is 12.1 Å². The summed E-state index contributed by atoms with van der Waals surface area (Å²) in [6, 6.07) is 18.9. The van der Waals surface area contributed by atoms with E-state index in [1.807, 2.05) is 31.2 Å². The van der Waals surface area contributed by atoms with E-state index >= 15 is 0 Å². The molecule has 0 fully saturated rings. The molecule has 3 aromatic carbocycles. The number of phenolic OH excluding ortho intramolecular Hbond substituents is 2. The Labute approximate surface area is 162 Å². The molecule has 0 saturated carbocycles. The summed E-state index contributed by atoms with van der Waals surface area (Å²) in [7, 11) is 0. The molecule has 3 N–H and O–H groups in total. The van der Waals surface area contributed by atoms with Gasteiger partial charge in [0.2, 0.25) is 0 Å². The third-order valence-electron chi connectivity index (χ3n) is 4.03. The number of phenols is 2. The zero-order valence-electron chi connectivity index (χ0n) is 15.3. The van der Waals surface area contributed by atoms with E-state index in [-0.39, 0.29) is 17.4 Å². The molecule has 0 aromatic heterocycles. The number of amides is 1. The summed E-state index contributed by atoms with van der Waals surface area (Å²) in [5, 5.41) is 22.7. The van der Waals surface area contributed by atoms with Gasteiger partial charge in [-0.2, -0.15) is 5.10 Å². The largest absolute Gasteiger partial charge is 0.508 e. The summed E-state index contributed by atoms with van der Waals surface area (Å²) < 4.78 is 5.72. The lowest BCUT2D eigenvalue weighted by Gasteiger charge is -2.07. The van der Waals surface area contributed by atoms with Crippen LogP contribution < -0.4 is 10.2 Å². The van der Waals surface area contributed by atoms with Gasteiger partial charge >= 0.3 is 0 Å². The number of nitrogens with zero attached hydrogens (tertiary/aromatic N) is 1. The number of benzene rings is 3. The average Bonchev–Trinajstić information content (AvgIpc) is 2.69. The summed E-state index contributed by atoms with van der Waals surface area (Å²) in [6.07, 6.45) is 1.30. The monoisotopic (exact) mass is 376 g/mol. The van der Waals surface area contributed by atoms with Crippen molar-refractivity contribution in [3.05, 3.63) is 89.0 Å². The standard InChI is InChI=1S/C22H20N2O4/c1-15-2-4-16(5-3-15)14-28-20-10-7-17(8-11-20)22(27)24-23-13-18-6-9-19(25)12-21(18)26/h2-13,25-26H,14H2,1H3,(H,24,27)/b23-13-. The number of carbonyl (C=O) groups is 1. The van der Waals surface area contributed by atoms with E-state index in [1.165, 1.54) is 30.0 Å². The molecule has 0 saturated heterocycles. The van der Waals surface area contributed by atoms with Crippen molar-refractivity contribution in [2.75, 3.05) is 0 Å². The van der Waals surface area contributed by atoms with Crippen molar-refractivity contribution < 1.29 is 19.7 Å². The van der Waals surface area contributed by atoms with Gasteiger partial charge in [-0.25, -0.2) is 5.43 Å².